The summed E-state index contributed by atoms with van der Waals surface area (Å²) in [6.45, 7) is 0.299. The molecule has 0 aliphatic carbocycles. The van der Waals surface area contributed by atoms with Crippen molar-refractivity contribution in [1.82, 2.24) is 4.57 Å². The van der Waals surface area contributed by atoms with Gasteiger partial charge in [-0.15, -0.1) is 13.2 Å². The molecule has 0 saturated carbocycles. The number of methoxy groups -OCH3 is 1. The van der Waals surface area contributed by atoms with Gasteiger partial charge in [0.25, 0.3) is 5.56 Å². The number of hydrogen-bond acceptors (Lipinski definition) is 4. The van der Waals surface area contributed by atoms with E-state index in [1.807, 2.05) is 0 Å². The molecule has 0 fully saturated rings. The minimum atomic E-state index is -4.79. The third-order valence-corrected chi connectivity index (χ3v) is 5.02. The first-order valence-corrected chi connectivity index (χ1v) is 10.1. The van der Waals surface area contributed by atoms with Crippen LogP contribution in [-0.2, 0) is 17.7 Å². The zero-order chi connectivity index (χ0) is 24.0. The Morgan fingerprint density at radius 3 is 2.45 bits per heavy atom. The molecule has 3 aromatic rings. The molecule has 3 rings (SSSR count). The summed E-state index contributed by atoms with van der Waals surface area (Å²) in [5, 5.41) is 0.314. The Labute approximate surface area is 192 Å². The molecule has 0 bridgehead atoms. The second kappa shape index (κ2) is 10.4. The number of nitrogens with zero attached hydrogens (tertiary/aromatic N) is 1. The Balaban J connectivity index is 1.82. The van der Waals surface area contributed by atoms with E-state index in [2.05, 4.69) is 9.47 Å². The third-order valence-electron chi connectivity index (χ3n) is 4.70. The molecule has 1 heterocycles. The van der Waals surface area contributed by atoms with Crippen LogP contribution in [0, 0.1) is 0 Å². The van der Waals surface area contributed by atoms with Gasteiger partial charge in [-0.1, -0.05) is 41.9 Å². The number of rotatable bonds is 7. The highest BCUT2D eigenvalue weighted by molar-refractivity contribution is 6.32. The zero-order valence-electron chi connectivity index (χ0n) is 17.4. The fourth-order valence-electron chi connectivity index (χ4n) is 3.12. The van der Waals surface area contributed by atoms with Crippen LogP contribution in [0.5, 0.6) is 5.75 Å². The zero-order valence-corrected chi connectivity index (χ0v) is 18.2. The van der Waals surface area contributed by atoms with Crippen molar-refractivity contribution in [2.45, 2.75) is 19.3 Å². The molecule has 0 saturated heterocycles. The van der Waals surface area contributed by atoms with E-state index < -0.39 is 12.3 Å². The number of benzene rings is 2. The van der Waals surface area contributed by atoms with E-state index in [1.165, 1.54) is 42.0 Å². The minimum Gasteiger partial charge on any atom is -0.465 e. The van der Waals surface area contributed by atoms with E-state index >= 15 is 0 Å². The predicted octanol–water partition coefficient (Wildman–Crippen LogP) is 5.60. The molecule has 0 atom stereocenters. The number of hydrogen-bond donors (Lipinski definition) is 0. The standard InChI is InChI=1S/C24H19ClF3NO4/c1-32-23(31)18-8-5-16(6-9-18)13-14-29-21(20(25)10-12-22(29)30)11-7-17-3-2-4-19(15-17)33-24(26,27)28/h2-12,15H,13-14H2,1H3/b11-7+. The van der Waals surface area contributed by atoms with Crippen LogP contribution in [0.15, 0.2) is 65.5 Å². The largest absolute Gasteiger partial charge is 0.573 e. The van der Waals surface area contributed by atoms with Crippen LogP contribution >= 0.6 is 11.6 Å². The number of esters is 1. The highest BCUT2D eigenvalue weighted by atomic mass is 35.5. The topological polar surface area (TPSA) is 57.5 Å². The van der Waals surface area contributed by atoms with Gasteiger partial charge < -0.3 is 14.0 Å². The Hall–Kier alpha value is -3.52. The molecule has 0 radical (unpaired) electrons. The summed E-state index contributed by atoms with van der Waals surface area (Å²) in [4.78, 5) is 24.0. The number of alkyl halides is 3. The minimum absolute atomic E-state index is 0.278. The summed E-state index contributed by atoms with van der Waals surface area (Å²) >= 11 is 6.30. The van der Waals surface area contributed by atoms with Crippen molar-refractivity contribution in [2.24, 2.45) is 0 Å². The number of aromatic nitrogens is 1. The summed E-state index contributed by atoms with van der Waals surface area (Å²) in [5.74, 6) is -0.790. The van der Waals surface area contributed by atoms with Gasteiger partial charge in [-0.2, -0.15) is 0 Å². The first kappa shape index (κ1) is 24.1. The lowest BCUT2D eigenvalue weighted by Gasteiger charge is -2.12. The lowest BCUT2D eigenvalue weighted by molar-refractivity contribution is -0.274. The van der Waals surface area contributed by atoms with Gasteiger partial charge in [0, 0.05) is 12.6 Å². The molecule has 0 aliphatic heterocycles. The van der Waals surface area contributed by atoms with Crippen molar-refractivity contribution in [1.29, 1.82) is 0 Å². The number of halogens is 4. The normalized spacial score (nSPS) is 11.5. The molecule has 1 aromatic heterocycles. The van der Waals surface area contributed by atoms with Gasteiger partial charge in [-0.3, -0.25) is 4.79 Å². The quantitative estimate of drug-likeness (QED) is 0.416. The highest BCUT2D eigenvalue weighted by Gasteiger charge is 2.31. The number of carbonyl (C=O) groups is 1. The van der Waals surface area contributed by atoms with Gasteiger partial charge in [0.2, 0.25) is 0 Å². The van der Waals surface area contributed by atoms with Crippen molar-refractivity contribution in [3.05, 3.63) is 98.4 Å². The van der Waals surface area contributed by atoms with Crippen molar-refractivity contribution in [3.8, 4) is 5.75 Å². The first-order valence-electron chi connectivity index (χ1n) is 9.77. The van der Waals surface area contributed by atoms with Gasteiger partial charge in [-0.05, 0) is 54.0 Å². The van der Waals surface area contributed by atoms with Crippen molar-refractivity contribution in [3.63, 3.8) is 0 Å². The predicted molar refractivity (Wildman–Crippen MR) is 119 cm³/mol. The number of aryl methyl sites for hydroxylation is 1. The fourth-order valence-corrected chi connectivity index (χ4v) is 3.35. The molecule has 2 aromatic carbocycles. The SMILES string of the molecule is COC(=O)c1ccc(CCn2c(/C=C/c3cccc(OC(F)(F)F)c3)c(Cl)ccc2=O)cc1. The third kappa shape index (κ3) is 6.73. The molecular formula is C24H19ClF3NO4. The summed E-state index contributed by atoms with van der Waals surface area (Å²) in [7, 11) is 1.30. The molecule has 0 unspecified atom stereocenters. The van der Waals surface area contributed by atoms with E-state index in [-0.39, 0.29) is 11.3 Å². The molecule has 9 heteroatoms. The van der Waals surface area contributed by atoms with Crippen LogP contribution in [0.25, 0.3) is 12.2 Å². The molecule has 33 heavy (non-hydrogen) atoms. The Bertz CT molecular complexity index is 1220. The van der Waals surface area contributed by atoms with Gasteiger partial charge in [0.05, 0.1) is 23.4 Å². The number of pyridine rings is 1. The van der Waals surface area contributed by atoms with Gasteiger partial charge in [0.1, 0.15) is 5.75 Å². The van der Waals surface area contributed by atoms with Crippen LogP contribution in [0.1, 0.15) is 27.2 Å². The monoisotopic (exact) mass is 477 g/mol. The summed E-state index contributed by atoms with van der Waals surface area (Å²) in [6, 6.07) is 15.1. The van der Waals surface area contributed by atoms with E-state index in [9.17, 15) is 22.8 Å². The maximum absolute atomic E-state index is 12.5. The lowest BCUT2D eigenvalue weighted by Crippen LogP contribution is -2.22. The lowest BCUT2D eigenvalue weighted by atomic mass is 10.1. The van der Waals surface area contributed by atoms with E-state index in [0.29, 0.717) is 34.8 Å². The first-order chi connectivity index (χ1) is 15.7. The summed E-state index contributed by atoms with van der Waals surface area (Å²) in [6.07, 6.45) is -1.19. The van der Waals surface area contributed by atoms with Crippen LogP contribution in [-0.4, -0.2) is 24.0 Å². The molecule has 5 nitrogen and oxygen atoms in total. The van der Waals surface area contributed by atoms with Crippen molar-refractivity contribution < 1.29 is 27.4 Å². The van der Waals surface area contributed by atoms with Crippen LogP contribution < -0.4 is 10.3 Å². The molecule has 172 valence electrons. The van der Waals surface area contributed by atoms with Gasteiger partial charge in [0.15, 0.2) is 0 Å². The molecule has 0 aliphatic rings. The second-order valence-corrected chi connectivity index (χ2v) is 7.36. The molecule has 0 N–H and O–H groups in total. The molecule has 0 spiro atoms. The molecular weight excluding hydrogens is 459 g/mol. The Morgan fingerprint density at radius 2 is 1.79 bits per heavy atom. The second-order valence-electron chi connectivity index (χ2n) is 6.95. The highest BCUT2D eigenvalue weighted by Crippen LogP contribution is 2.24. The van der Waals surface area contributed by atoms with Crippen LogP contribution in [0.3, 0.4) is 0 Å². The van der Waals surface area contributed by atoms with Gasteiger partial charge in [-0.25, -0.2) is 4.79 Å². The van der Waals surface area contributed by atoms with Gasteiger partial charge >= 0.3 is 12.3 Å². The van der Waals surface area contributed by atoms with Crippen molar-refractivity contribution >= 4 is 29.7 Å². The smallest absolute Gasteiger partial charge is 0.465 e. The Kier molecular flexibility index (Phi) is 7.60. The summed E-state index contributed by atoms with van der Waals surface area (Å²) in [5.41, 5.74) is 1.88. The number of ether oxygens (including phenoxy) is 2. The molecule has 0 amide bonds. The maximum atomic E-state index is 12.5. The number of carbonyl (C=O) groups excluding carboxylic acids is 1. The van der Waals surface area contributed by atoms with Crippen LogP contribution in [0.4, 0.5) is 13.2 Å². The van der Waals surface area contributed by atoms with E-state index in [1.54, 1.807) is 42.5 Å². The Morgan fingerprint density at radius 1 is 1.06 bits per heavy atom. The average Bonchev–Trinajstić information content (AvgIpc) is 2.77. The maximum Gasteiger partial charge on any atom is 0.573 e. The van der Waals surface area contributed by atoms with Crippen LogP contribution in [0.2, 0.25) is 5.02 Å². The fraction of sp³-hybridized carbons (Fsp3) is 0.167. The van der Waals surface area contributed by atoms with Crippen molar-refractivity contribution in [2.75, 3.05) is 7.11 Å². The van der Waals surface area contributed by atoms with E-state index in [0.717, 1.165) is 5.56 Å². The summed E-state index contributed by atoms with van der Waals surface area (Å²) < 4.78 is 47.5. The average molecular weight is 478 g/mol. The van der Waals surface area contributed by atoms with E-state index in [4.69, 9.17) is 11.6 Å².